The Balaban J connectivity index is 1.93. The molecule has 2 aromatic rings. The van der Waals surface area contributed by atoms with Crippen LogP contribution in [0.5, 0.6) is 0 Å². The zero-order valence-electron chi connectivity index (χ0n) is 15.5. The number of amides is 3. The topological polar surface area (TPSA) is 82.6 Å². The lowest BCUT2D eigenvalue weighted by molar-refractivity contribution is -0.117. The van der Waals surface area contributed by atoms with Crippen molar-refractivity contribution in [2.24, 2.45) is 4.99 Å². The summed E-state index contributed by atoms with van der Waals surface area (Å²) in [6, 6.07) is 16.8. The number of rotatable bonds is 5. The van der Waals surface area contributed by atoms with Gasteiger partial charge in [0.05, 0.1) is 11.4 Å². The molecular formula is C21H24N4O2. The Labute approximate surface area is 159 Å². The van der Waals surface area contributed by atoms with Crippen LogP contribution in [0, 0.1) is 0 Å². The van der Waals surface area contributed by atoms with Crippen molar-refractivity contribution >= 4 is 23.3 Å². The van der Waals surface area contributed by atoms with E-state index in [4.69, 9.17) is 0 Å². The number of nitrogens with one attached hydrogen (secondary N) is 3. The van der Waals surface area contributed by atoms with Crippen molar-refractivity contribution in [1.29, 1.82) is 0 Å². The van der Waals surface area contributed by atoms with Gasteiger partial charge in [-0.2, -0.15) is 0 Å². The summed E-state index contributed by atoms with van der Waals surface area (Å²) in [5.41, 5.74) is 3.04. The smallest absolute Gasteiger partial charge is 0.317 e. The van der Waals surface area contributed by atoms with Crippen LogP contribution in [-0.2, 0) is 4.79 Å². The minimum atomic E-state index is -1.01. The van der Waals surface area contributed by atoms with Crippen molar-refractivity contribution in [3.05, 3.63) is 65.7 Å². The predicted molar refractivity (Wildman–Crippen MR) is 107 cm³/mol. The van der Waals surface area contributed by atoms with Gasteiger partial charge in [-0.1, -0.05) is 62.4 Å². The van der Waals surface area contributed by atoms with E-state index in [-0.39, 0.29) is 11.9 Å². The van der Waals surface area contributed by atoms with Gasteiger partial charge in [-0.3, -0.25) is 4.79 Å². The third-order valence-electron chi connectivity index (χ3n) is 4.58. The SMILES string of the molecule is CCC(CC)NC(=O)NC1N=C(c2ccccc2)c2ccccc2NC1=O. The summed E-state index contributed by atoms with van der Waals surface area (Å²) in [4.78, 5) is 29.6. The van der Waals surface area contributed by atoms with Crippen LogP contribution in [0.3, 0.4) is 0 Å². The Bertz CT molecular complexity index is 844. The molecule has 1 unspecified atom stereocenters. The normalized spacial score (nSPS) is 16.0. The number of nitrogens with zero attached hydrogens (tertiary/aromatic N) is 1. The molecule has 0 bridgehead atoms. The van der Waals surface area contributed by atoms with Gasteiger partial charge in [-0.05, 0) is 18.9 Å². The van der Waals surface area contributed by atoms with E-state index in [9.17, 15) is 9.59 Å². The van der Waals surface area contributed by atoms with Gasteiger partial charge in [0.2, 0.25) is 6.17 Å². The van der Waals surface area contributed by atoms with Crippen LogP contribution in [0.2, 0.25) is 0 Å². The van der Waals surface area contributed by atoms with Crippen LogP contribution in [-0.4, -0.2) is 29.9 Å². The van der Waals surface area contributed by atoms with Gasteiger partial charge in [0.25, 0.3) is 5.91 Å². The molecule has 1 heterocycles. The number of anilines is 1. The van der Waals surface area contributed by atoms with Crippen molar-refractivity contribution in [2.75, 3.05) is 5.32 Å². The fourth-order valence-electron chi connectivity index (χ4n) is 3.02. The van der Waals surface area contributed by atoms with Crippen molar-refractivity contribution in [1.82, 2.24) is 10.6 Å². The van der Waals surface area contributed by atoms with Crippen LogP contribution >= 0.6 is 0 Å². The Kier molecular flexibility index (Phi) is 5.86. The van der Waals surface area contributed by atoms with Crippen LogP contribution in [0.4, 0.5) is 10.5 Å². The molecule has 3 N–H and O–H groups in total. The van der Waals surface area contributed by atoms with E-state index in [0.717, 1.165) is 24.0 Å². The standard InChI is InChI=1S/C21H24N4O2/c1-3-15(4-2)22-21(27)25-19-20(26)23-17-13-9-8-12-16(17)18(24-19)14-10-6-5-7-11-14/h5-13,15,19H,3-4H2,1-2H3,(H,23,26)(H2,22,25,27). The van der Waals surface area contributed by atoms with Crippen LogP contribution in [0.1, 0.15) is 37.8 Å². The first-order chi connectivity index (χ1) is 13.1. The van der Waals surface area contributed by atoms with E-state index in [2.05, 4.69) is 20.9 Å². The number of benzodiazepines with no additional fused rings is 1. The monoisotopic (exact) mass is 364 g/mol. The van der Waals surface area contributed by atoms with E-state index in [1.54, 1.807) is 0 Å². The molecule has 0 spiro atoms. The van der Waals surface area contributed by atoms with E-state index in [0.29, 0.717) is 11.4 Å². The third kappa shape index (κ3) is 4.34. The zero-order chi connectivity index (χ0) is 19.2. The molecule has 140 valence electrons. The second-order valence-electron chi connectivity index (χ2n) is 6.41. The number of para-hydroxylation sites is 1. The Morgan fingerprint density at radius 1 is 1.07 bits per heavy atom. The molecule has 2 aromatic carbocycles. The van der Waals surface area contributed by atoms with Gasteiger partial charge >= 0.3 is 6.03 Å². The van der Waals surface area contributed by atoms with Crippen molar-refractivity contribution < 1.29 is 9.59 Å². The lowest BCUT2D eigenvalue weighted by Crippen LogP contribution is -2.49. The number of hydrogen-bond acceptors (Lipinski definition) is 3. The van der Waals surface area contributed by atoms with Crippen LogP contribution < -0.4 is 16.0 Å². The first kappa shape index (κ1) is 18.6. The fraction of sp³-hybridized carbons (Fsp3) is 0.286. The summed E-state index contributed by atoms with van der Waals surface area (Å²) >= 11 is 0. The molecular weight excluding hydrogens is 340 g/mol. The van der Waals surface area contributed by atoms with Gasteiger partial charge in [0.15, 0.2) is 0 Å². The minimum absolute atomic E-state index is 0.0635. The minimum Gasteiger partial charge on any atom is -0.335 e. The second-order valence-corrected chi connectivity index (χ2v) is 6.41. The molecule has 3 rings (SSSR count). The molecule has 0 aromatic heterocycles. The Morgan fingerprint density at radius 3 is 2.44 bits per heavy atom. The average Bonchev–Trinajstić information content (AvgIpc) is 2.83. The molecule has 0 fully saturated rings. The maximum Gasteiger partial charge on any atom is 0.317 e. The third-order valence-corrected chi connectivity index (χ3v) is 4.58. The molecule has 0 radical (unpaired) electrons. The lowest BCUT2D eigenvalue weighted by atomic mass is 10.0. The highest BCUT2D eigenvalue weighted by Crippen LogP contribution is 2.23. The Morgan fingerprint density at radius 2 is 1.74 bits per heavy atom. The van der Waals surface area contributed by atoms with Crippen LogP contribution in [0.25, 0.3) is 0 Å². The molecule has 6 nitrogen and oxygen atoms in total. The number of aliphatic imine (C=N–C) groups is 1. The highest BCUT2D eigenvalue weighted by molar-refractivity contribution is 6.19. The molecule has 27 heavy (non-hydrogen) atoms. The zero-order valence-corrected chi connectivity index (χ0v) is 15.5. The lowest BCUT2D eigenvalue weighted by Gasteiger charge is -2.18. The maximum atomic E-state index is 12.7. The van der Waals surface area contributed by atoms with Crippen LogP contribution in [0.15, 0.2) is 59.6 Å². The maximum absolute atomic E-state index is 12.7. The van der Waals surface area contributed by atoms with Crippen molar-refractivity contribution in [2.45, 2.75) is 38.9 Å². The summed E-state index contributed by atoms with van der Waals surface area (Å²) in [5.74, 6) is -0.368. The highest BCUT2D eigenvalue weighted by atomic mass is 16.2. The number of carbonyl (C=O) groups excluding carboxylic acids is 2. The largest absolute Gasteiger partial charge is 0.335 e. The number of urea groups is 1. The van der Waals surface area contributed by atoms with E-state index < -0.39 is 12.2 Å². The molecule has 1 aliphatic heterocycles. The first-order valence-corrected chi connectivity index (χ1v) is 9.22. The molecule has 3 amide bonds. The van der Waals surface area contributed by atoms with Crippen molar-refractivity contribution in [3.8, 4) is 0 Å². The van der Waals surface area contributed by atoms with E-state index >= 15 is 0 Å². The van der Waals surface area contributed by atoms with Gasteiger partial charge in [-0.15, -0.1) is 0 Å². The molecule has 6 heteroatoms. The summed E-state index contributed by atoms with van der Waals surface area (Å²) in [5, 5.41) is 8.44. The fourth-order valence-corrected chi connectivity index (χ4v) is 3.02. The summed E-state index contributed by atoms with van der Waals surface area (Å²) in [6.45, 7) is 4.02. The van der Waals surface area contributed by atoms with E-state index in [1.165, 1.54) is 0 Å². The molecule has 1 aliphatic rings. The number of fused-ring (bicyclic) bond motifs is 1. The predicted octanol–water partition coefficient (Wildman–Crippen LogP) is 3.29. The van der Waals surface area contributed by atoms with Gasteiger partial charge in [0, 0.05) is 17.2 Å². The summed E-state index contributed by atoms with van der Waals surface area (Å²) < 4.78 is 0. The highest BCUT2D eigenvalue weighted by Gasteiger charge is 2.27. The van der Waals surface area contributed by atoms with Gasteiger partial charge in [0.1, 0.15) is 0 Å². The molecule has 1 atom stereocenters. The summed E-state index contributed by atoms with van der Waals surface area (Å²) in [7, 11) is 0. The Hall–Kier alpha value is -3.15. The van der Waals surface area contributed by atoms with Crippen molar-refractivity contribution in [3.63, 3.8) is 0 Å². The number of benzene rings is 2. The molecule has 0 aliphatic carbocycles. The number of carbonyl (C=O) groups is 2. The quantitative estimate of drug-likeness (QED) is 0.761. The van der Waals surface area contributed by atoms with Gasteiger partial charge < -0.3 is 16.0 Å². The number of hydrogen-bond donors (Lipinski definition) is 3. The average molecular weight is 364 g/mol. The molecule has 0 saturated carbocycles. The molecule has 0 saturated heterocycles. The second kappa shape index (κ2) is 8.49. The van der Waals surface area contributed by atoms with Gasteiger partial charge in [-0.25, -0.2) is 9.79 Å². The summed E-state index contributed by atoms with van der Waals surface area (Å²) in [6.07, 6.45) is 0.636. The van der Waals surface area contributed by atoms with E-state index in [1.807, 2.05) is 68.4 Å². The first-order valence-electron chi connectivity index (χ1n) is 9.22.